The smallest absolute Gasteiger partial charge is 0.191 e. The summed E-state index contributed by atoms with van der Waals surface area (Å²) in [6.45, 7) is 8.15. The van der Waals surface area contributed by atoms with E-state index in [-0.39, 0.29) is 6.10 Å². The van der Waals surface area contributed by atoms with Crippen molar-refractivity contribution in [2.75, 3.05) is 13.1 Å². The van der Waals surface area contributed by atoms with Crippen LogP contribution < -0.4 is 15.4 Å². The molecule has 1 unspecified atom stereocenters. The normalized spacial score (nSPS) is 12.4. The molecule has 0 aliphatic carbocycles. The molecule has 3 rings (SSSR count). The molecule has 3 aromatic rings. The molecule has 1 aromatic heterocycles. The Morgan fingerprint density at radius 1 is 1.17 bits per heavy atom. The Morgan fingerprint density at radius 3 is 2.79 bits per heavy atom. The van der Waals surface area contributed by atoms with Crippen LogP contribution in [0.3, 0.4) is 0 Å². The fraction of sp³-hybridized carbons (Fsp3) is 0.318. The third-order valence-corrected chi connectivity index (χ3v) is 4.36. The van der Waals surface area contributed by atoms with Gasteiger partial charge in [0.1, 0.15) is 18.2 Å². The number of aromatic nitrogens is 3. The summed E-state index contributed by atoms with van der Waals surface area (Å²) in [4.78, 5) is 8.90. The van der Waals surface area contributed by atoms with E-state index in [9.17, 15) is 0 Å². The van der Waals surface area contributed by atoms with Crippen LogP contribution in [0.4, 0.5) is 0 Å². The number of benzene rings is 2. The molecule has 0 fully saturated rings. The van der Waals surface area contributed by atoms with Gasteiger partial charge in [-0.2, -0.15) is 5.10 Å². The molecule has 1 atom stereocenters. The highest BCUT2D eigenvalue weighted by Crippen LogP contribution is 2.18. The Bertz CT molecular complexity index is 923. The van der Waals surface area contributed by atoms with Gasteiger partial charge in [-0.3, -0.25) is 5.10 Å². The van der Waals surface area contributed by atoms with E-state index in [1.54, 1.807) is 0 Å². The largest absolute Gasteiger partial charge is 0.489 e. The van der Waals surface area contributed by atoms with Gasteiger partial charge in [0.15, 0.2) is 11.8 Å². The van der Waals surface area contributed by atoms with E-state index in [1.807, 2.05) is 50.2 Å². The minimum absolute atomic E-state index is 0.00902. The summed E-state index contributed by atoms with van der Waals surface area (Å²) in [5, 5.41) is 13.4. The maximum atomic E-state index is 6.03. The van der Waals surface area contributed by atoms with Crippen LogP contribution in [0.2, 0.25) is 0 Å². The lowest BCUT2D eigenvalue weighted by Crippen LogP contribution is -2.41. The summed E-state index contributed by atoms with van der Waals surface area (Å²) in [5.74, 6) is 2.42. The number of rotatable bonds is 8. The maximum absolute atomic E-state index is 6.03. The number of aliphatic imine (C=N–C) groups is 1. The average molecular weight is 393 g/mol. The third-order valence-electron chi connectivity index (χ3n) is 4.36. The number of ether oxygens (including phenoxy) is 1. The average Bonchev–Trinajstić information content (AvgIpc) is 3.27. The van der Waals surface area contributed by atoms with Gasteiger partial charge < -0.3 is 15.4 Å². The number of aryl methyl sites for hydroxylation is 1. The first-order chi connectivity index (χ1) is 14.2. The highest BCUT2D eigenvalue weighted by Gasteiger charge is 2.08. The van der Waals surface area contributed by atoms with Crippen molar-refractivity contribution in [3.63, 3.8) is 0 Å². The van der Waals surface area contributed by atoms with Crippen molar-refractivity contribution < 1.29 is 4.74 Å². The van der Waals surface area contributed by atoms with Gasteiger partial charge in [-0.15, -0.1) is 0 Å². The van der Waals surface area contributed by atoms with Gasteiger partial charge in [0.25, 0.3) is 0 Å². The predicted octanol–water partition coefficient (Wildman–Crippen LogP) is 3.30. The second-order valence-corrected chi connectivity index (χ2v) is 6.80. The minimum Gasteiger partial charge on any atom is -0.489 e. The van der Waals surface area contributed by atoms with Gasteiger partial charge >= 0.3 is 0 Å². The molecule has 0 saturated heterocycles. The second kappa shape index (κ2) is 10.3. The highest BCUT2D eigenvalue weighted by atomic mass is 16.5. The Labute approximate surface area is 171 Å². The molecule has 29 heavy (non-hydrogen) atoms. The van der Waals surface area contributed by atoms with E-state index >= 15 is 0 Å². The summed E-state index contributed by atoms with van der Waals surface area (Å²) in [7, 11) is 0. The molecule has 2 aromatic carbocycles. The minimum atomic E-state index is 0.00902. The number of aromatic amines is 1. The Hall–Kier alpha value is -3.35. The first kappa shape index (κ1) is 20.4. The van der Waals surface area contributed by atoms with Crippen LogP contribution in [0.1, 0.15) is 25.0 Å². The van der Waals surface area contributed by atoms with Crippen molar-refractivity contribution in [1.29, 1.82) is 0 Å². The summed E-state index contributed by atoms with van der Waals surface area (Å²) in [5.41, 5.74) is 3.22. The van der Waals surface area contributed by atoms with Crippen molar-refractivity contribution >= 4 is 5.96 Å². The molecule has 0 amide bonds. The zero-order valence-electron chi connectivity index (χ0n) is 17.1. The van der Waals surface area contributed by atoms with E-state index in [0.717, 1.165) is 40.8 Å². The Kier molecular flexibility index (Phi) is 7.22. The molecular weight excluding hydrogens is 364 g/mol. The van der Waals surface area contributed by atoms with Gasteiger partial charge in [-0.25, -0.2) is 9.98 Å². The number of guanidine groups is 1. The number of nitrogens with zero attached hydrogens (tertiary/aromatic N) is 3. The lowest BCUT2D eigenvalue weighted by Gasteiger charge is -2.18. The SMILES string of the molecule is CCNC(=NCc1cccc(-c2ncn[nH]2)c1)NCC(C)Oc1ccccc1C. The van der Waals surface area contributed by atoms with Gasteiger partial charge in [-0.1, -0.05) is 36.4 Å². The molecule has 0 aliphatic heterocycles. The molecular formula is C22H28N6O. The first-order valence-corrected chi connectivity index (χ1v) is 9.85. The standard InChI is InChI=1S/C22H28N6O/c1-4-23-22(24-13-17(3)29-20-11-6-5-8-16(20)2)25-14-18-9-7-10-19(12-18)21-26-15-27-28-21/h5-12,15,17H,4,13-14H2,1-3H3,(H2,23,24,25)(H,26,27,28). The fourth-order valence-corrected chi connectivity index (χ4v) is 2.86. The van der Waals surface area contributed by atoms with E-state index in [1.165, 1.54) is 6.33 Å². The van der Waals surface area contributed by atoms with Crippen LogP contribution in [0, 0.1) is 6.92 Å². The van der Waals surface area contributed by atoms with Crippen LogP contribution in [0.25, 0.3) is 11.4 Å². The van der Waals surface area contributed by atoms with E-state index in [2.05, 4.69) is 44.9 Å². The van der Waals surface area contributed by atoms with Crippen LogP contribution >= 0.6 is 0 Å². The monoisotopic (exact) mass is 392 g/mol. The third kappa shape index (κ3) is 6.07. The van der Waals surface area contributed by atoms with Crippen molar-refractivity contribution in [2.45, 2.75) is 33.4 Å². The molecule has 0 bridgehead atoms. The van der Waals surface area contributed by atoms with E-state index in [4.69, 9.17) is 9.73 Å². The fourth-order valence-electron chi connectivity index (χ4n) is 2.86. The van der Waals surface area contributed by atoms with Crippen LogP contribution in [0.5, 0.6) is 5.75 Å². The highest BCUT2D eigenvalue weighted by molar-refractivity contribution is 5.79. The van der Waals surface area contributed by atoms with Gasteiger partial charge in [0.2, 0.25) is 0 Å². The lowest BCUT2D eigenvalue weighted by atomic mass is 10.1. The van der Waals surface area contributed by atoms with E-state index in [0.29, 0.717) is 13.1 Å². The number of hydrogen-bond acceptors (Lipinski definition) is 4. The molecule has 0 spiro atoms. The quantitative estimate of drug-likeness (QED) is 0.404. The van der Waals surface area contributed by atoms with Crippen molar-refractivity contribution in [3.05, 3.63) is 66.0 Å². The molecule has 1 heterocycles. The maximum Gasteiger partial charge on any atom is 0.191 e. The molecule has 0 aliphatic rings. The summed E-state index contributed by atoms with van der Waals surface area (Å²) >= 11 is 0. The Balaban J connectivity index is 1.58. The van der Waals surface area contributed by atoms with E-state index < -0.39 is 0 Å². The molecule has 0 radical (unpaired) electrons. The number of para-hydroxylation sites is 1. The van der Waals surface area contributed by atoms with Crippen molar-refractivity contribution in [3.8, 4) is 17.1 Å². The van der Waals surface area contributed by atoms with Crippen LogP contribution in [0.15, 0.2) is 59.9 Å². The van der Waals surface area contributed by atoms with Crippen molar-refractivity contribution in [1.82, 2.24) is 25.8 Å². The number of hydrogen-bond donors (Lipinski definition) is 3. The van der Waals surface area contributed by atoms with Crippen LogP contribution in [-0.2, 0) is 6.54 Å². The van der Waals surface area contributed by atoms with Gasteiger partial charge in [0.05, 0.1) is 13.1 Å². The van der Waals surface area contributed by atoms with Gasteiger partial charge in [-0.05, 0) is 44.0 Å². The topological polar surface area (TPSA) is 87.2 Å². The molecule has 0 saturated carbocycles. The zero-order chi connectivity index (χ0) is 20.5. The van der Waals surface area contributed by atoms with Crippen molar-refractivity contribution in [2.24, 2.45) is 4.99 Å². The molecule has 152 valence electrons. The van der Waals surface area contributed by atoms with Gasteiger partial charge in [0, 0.05) is 12.1 Å². The number of H-pyrrole nitrogens is 1. The molecule has 7 nitrogen and oxygen atoms in total. The predicted molar refractivity (Wildman–Crippen MR) is 116 cm³/mol. The summed E-state index contributed by atoms with van der Waals surface area (Å²) in [6.07, 6.45) is 1.52. The Morgan fingerprint density at radius 2 is 2.03 bits per heavy atom. The zero-order valence-corrected chi connectivity index (χ0v) is 17.1. The summed E-state index contributed by atoms with van der Waals surface area (Å²) < 4.78 is 6.03. The molecule has 7 heteroatoms. The number of nitrogens with one attached hydrogen (secondary N) is 3. The first-order valence-electron chi connectivity index (χ1n) is 9.85. The second-order valence-electron chi connectivity index (χ2n) is 6.80. The lowest BCUT2D eigenvalue weighted by molar-refractivity contribution is 0.222. The molecule has 3 N–H and O–H groups in total. The van der Waals surface area contributed by atoms with Crippen LogP contribution in [-0.4, -0.2) is 40.3 Å². The summed E-state index contributed by atoms with van der Waals surface area (Å²) in [6, 6.07) is 16.2.